The first-order chi connectivity index (χ1) is 12.3. The van der Waals surface area contributed by atoms with Gasteiger partial charge in [0.05, 0.1) is 5.75 Å². The molecule has 0 atom stereocenters. The van der Waals surface area contributed by atoms with Gasteiger partial charge in [0.1, 0.15) is 11.6 Å². The summed E-state index contributed by atoms with van der Waals surface area (Å²) in [6.45, 7) is 1.49. The van der Waals surface area contributed by atoms with E-state index in [4.69, 9.17) is 0 Å². The van der Waals surface area contributed by atoms with Crippen LogP contribution in [0.15, 0.2) is 34.2 Å². The molecule has 1 aromatic carbocycles. The highest BCUT2D eigenvalue weighted by atomic mass is 32.2. The Morgan fingerprint density at radius 3 is 2.50 bits per heavy atom. The maximum absolute atomic E-state index is 12.2. The molecule has 0 aliphatic carbocycles. The third-order valence-corrected chi connectivity index (χ3v) is 6.38. The minimum atomic E-state index is -3.49. The molecule has 1 heterocycles. The van der Waals surface area contributed by atoms with Crippen LogP contribution in [0.1, 0.15) is 12.5 Å². The molecule has 0 aliphatic rings. The Hall–Kier alpha value is -2.77. The molecular weight excluding hydrogens is 374 g/mol. The molecule has 2 rings (SSSR count). The van der Waals surface area contributed by atoms with E-state index in [1.807, 2.05) is 37.2 Å². The molecule has 0 aliphatic heterocycles. The highest BCUT2D eigenvalue weighted by Crippen LogP contribution is 2.21. The van der Waals surface area contributed by atoms with Gasteiger partial charge in [-0.2, -0.15) is 5.26 Å². The highest BCUT2D eigenvalue weighted by Gasteiger charge is 2.19. The van der Waals surface area contributed by atoms with Crippen LogP contribution in [0.25, 0.3) is 6.08 Å². The maximum atomic E-state index is 12.2. The van der Waals surface area contributed by atoms with Crippen LogP contribution in [0.3, 0.4) is 0 Å². The fourth-order valence-electron chi connectivity index (χ4n) is 1.86. The summed E-state index contributed by atoms with van der Waals surface area (Å²) in [7, 11) is 0.333. The van der Waals surface area contributed by atoms with E-state index in [0.29, 0.717) is 5.56 Å². The summed E-state index contributed by atoms with van der Waals surface area (Å²) < 4.78 is 23.3. The number of carbonyl (C=O) groups excluding carboxylic acids is 1. The average molecular weight is 391 g/mol. The zero-order chi connectivity index (χ0) is 19.3. The number of aromatic nitrogens is 2. The highest BCUT2D eigenvalue weighted by molar-refractivity contribution is 7.93. The normalized spacial score (nSPS) is 11.7. The lowest BCUT2D eigenvalue weighted by atomic mass is 10.1. The number of hydrogen-bond donors (Lipinski definition) is 1. The second-order valence-corrected chi connectivity index (χ2v) is 8.82. The van der Waals surface area contributed by atoms with E-state index in [0.717, 1.165) is 17.0 Å². The van der Waals surface area contributed by atoms with Crippen LogP contribution in [0.4, 0.5) is 10.8 Å². The molecule has 2 aromatic rings. The van der Waals surface area contributed by atoms with Crippen LogP contribution in [0.2, 0.25) is 0 Å². The van der Waals surface area contributed by atoms with Crippen molar-refractivity contribution in [2.75, 3.05) is 30.1 Å². The smallest absolute Gasteiger partial charge is 0.268 e. The average Bonchev–Trinajstić information content (AvgIpc) is 3.09. The van der Waals surface area contributed by atoms with Gasteiger partial charge in [0.25, 0.3) is 5.91 Å². The summed E-state index contributed by atoms with van der Waals surface area (Å²) in [5.41, 5.74) is 1.55. The molecular formula is C16H17N5O3S2. The summed E-state index contributed by atoms with van der Waals surface area (Å²) in [6.07, 6.45) is 1.44. The largest absolute Gasteiger partial charge is 0.378 e. The van der Waals surface area contributed by atoms with Gasteiger partial charge >= 0.3 is 0 Å². The lowest BCUT2D eigenvalue weighted by Crippen LogP contribution is -2.13. The zero-order valence-electron chi connectivity index (χ0n) is 14.4. The van der Waals surface area contributed by atoms with E-state index in [-0.39, 0.29) is 20.8 Å². The van der Waals surface area contributed by atoms with E-state index in [1.165, 1.54) is 13.0 Å². The van der Waals surface area contributed by atoms with Gasteiger partial charge in [-0.1, -0.05) is 30.4 Å². The molecule has 136 valence electrons. The lowest BCUT2D eigenvalue weighted by molar-refractivity contribution is -0.112. The first kappa shape index (κ1) is 19.6. The number of rotatable bonds is 6. The van der Waals surface area contributed by atoms with Gasteiger partial charge in [-0.25, -0.2) is 8.42 Å². The van der Waals surface area contributed by atoms with Crippen molar-refractivity contribution < 1.29 is 13.2 Å². The first-order valence-electron chi connectivity index (χ1n) is 7.53. The standard InChI is InChI=1S/C16H17N5O3S2/c1-4-26(23,24)16-20-19-15(25-16)18-14(22)12(10-17)9-11-5-7-13(8-6-11)21(2)3/h5-9H,4H2,1-3H3,(H,18,19,22)/b12-9-. The second kappa shape index (κ2) is 8.07. The summed E-state index contributed by atoms with van der Waals surface area (Å²) in [5.74, 6) is -0.789. The fourth-order valence-corrected chi connectivity index (χ4v) is 3.84. The van der Waals surface area contributed by atoms with Crippen LogP contribution in [0, 0.1) is 11.3 Å². The molecule has 8 nitrogen and oxygen atoms in total. The van der Waals surface area contributed by atoms with Gasteiger partial charge in [0.2, 0.25) is 19.3 Å². The monoisotopic (exact) mass is 391 g/mol. The van der Waals surface area contributed by atoms with Crippen molar-refractivity contribution in [1.29, 1.82) is 5.26 Å². The van der Waals surface area contributed by atoms with Crippen molar-refractivity contribution in [3.63, 3.8) is 0 Å². The van der Waals surface area contributed by atoms with E-state index < -0.39 is 15.7 Å². The van der Waals surface area contributed by atoms with Crippen LogP contribution < -0.4 is 10.2 Å². The van der Waals surface area contributed by atoms with Gasteiger partial charge in [-0.3, -0.25) is 10.1 Å². The number of nitrogens with zero attached hydrogens (tertiary/aromatic N) is 4. The number of sulfone groups is 1. The Morgan fingerprint density at radius 1 is 1.31 bits per heavy atom. The molecule has 1 amide bonds. The Labute approximate surface area is 155 Å². The second-order valence-electron chi connectivity index (χ2n) is 5.39. The SMILES string of the molecule is CCS(=O)(=O)c1nnc(NC(=O)/C(C#N)=C\c2ccc(N(C)C)cc2)s1. The fraction of sp³-hybridized carbons (Fsp3) is 0.250. The number of benzene rings is 1. The van der Waals surface area contributed by atoms with Crippen LogP contribution in [-0.2, 0) is 14.6 Å². The Kier molecular flexibility index (Phi) is 6.07. The van der Waals surface area contributed by atoms with Crippen molar-refractivity contribution in [2.45, 2.75) is 11.3 Å². The number of carbonyl (C=O) groups is 1. The Morgan fingerprint density at radius 2 is 1.96 bits per heavy atom. The van der Waals surface area contributed by atoms with Gasteiger partial charge in [0.15, 0.2) is 0 Å². The summed E-state index contributed by atoms with van der Waals surface area (Å²) in [6, 6.07) is 9.14. The summed E-state index contributed by atoms with van der Waals surface area (Å²) >= 11 is 0.748. The van der Waals surface area contributed by atoms with Crippen molar-refractivity contribution in [2.24, 2.45) is 0 Å². The number of amides is 1. The number of hydrogen-bond acceptors (Lipinski definition) is 8. The molecule has 26 heavy (non-hydrogen) atoms. The predicted octanol–water partition coefficient (Wildman–Crippen LogP) is 1.94. The van der Waals surface area contributed by atoms with Crippen LogP contribution in [0.5, 0.6) is 0 Å². The molecule has 0 fully saturated rings. The minimum Gasteiger partial charge on any atom is -0.378 e. The molecule has 0 unspecified atom stereocenters. The van der Waals surface area contributed by atoms with Gasteiger partial charge in [0, 0.05) is 19.8 Å². The van der Waals surface area contributed by atoms with Crippen molar-refractivity contribution in [3.05, 3.63) is 35.4 Å². The molecule has 0 radical (unpaired) electrons. The number of anilines is 2. The first-order valence-corrected chi connectivity index (χ1v) is 10.0. The van der Waals surface area contributed by atoms with E-state index in [1.54, 1.807) is 12.1 Å². The third kappa shape index (κ3) is 4.65. The zero-order valence-corrected chi connectivity index (χ0v) is 16.1. The van der Waals surface area contributed by atoms with Gasteiger partial charge in [-0.15, -0.1) is 10.2 Å². The van der Waals surface area contributed by atoms with E-state index >= 15 is 0 Å². The van der Waals surface area contributed by atoms with E-state index in [9.17, 15) is 18.5 Å². The topological polar surface area (TPSA) is 116 Å². The summed E-state index contributed by atoms with van der Waals surface area (Å²) in [4.78, 5) is 14.2. The van der Waals surface area contributed by atoms with Crippen molar-refractivity contribution >= 4 is 44.0 Å². The molecule has 1 aromatic heterocycles. The number of nitrogens with one attached hydrogen (secondary N) is 1. The van der Waals surface area contributed by atoms with Gasteiger partial charge in [-0.05, 0) is 23.8 Å². The lowest BCUT2D eigenvalue weighted by Gasteiger charge is -2.11. The van der Waals surface area contributed by atoms with Gasteiger partial charge < -0.3 is 4.90 Å². The number of nitriles is 1. The van der Waals surface area contributed by atoms with Crippen molar-refractivity contribution in [3.8, 4) is 6.07 Å². The van der Waals surface area contributed by atoms with Crippen molar-refractivity contribution in [1.82, 2.24) is 10.2 Å². The maximum Gasteiger partial charge on any atom is 0.268 e. The molecule has 0 bridgehead atoms. The molecule has 10 heteroatoms. The molecule has 0 saturated heterocycles. The molecule has 0 saturated carbocycles. The third-order valence-electron chi connectivity index (χ3n) is 3.36. The van der Waals surface area contributed by atoms with E-state index in [2.05, 4.69) is 15.5 Å². The molecule has 1 N–H and O–H groups in total. The Bertz CT molecular complexity index is 970. The Balaban J connectivity index is 2.17. The summed E-state index contributed by atoms with van der Waals surface area (Å²) in [5, 5.41) is 18.9. The van der Waals surface area contributed by atoms with Crippen LogP contribution in [-0.4, -0.2) is 44.4 Å². The van der Waals surface area contributed by atoms with Crippen LogP contribution >= 0.6 is 11.3 Å². The predicted molar refractivity (Wildman–Crippen MR) is 101 cm³/mol. The molecule has 0 spiro atoms. The minimum absolute atomic E-state index is 0.0196. The quantitative estimate of drug-likeness (QED) is 0.454.